The maximum Gasteiger partial charge on any atom is 0.297 e. The van der Waals surface area contributed by atoms with E-state index in [-0.39, 0.29) is 0 Å². The molecule has 49 heavy (non-hydrogen) atoms. The van der Waals surface area contributed by atoms with Crippen molar-refractivity contribution in [3.63, 3.8) is 0 Å². The van der Waals surface area contributed by atoms with Gasteiger partial charge in [0.15, 0.2) is 0 Å². The number of fused-ring (bicyclic) bond motifs is 1. The van der Waals surface area contributed by atoms with Crippen molar-refractivity contribution in [1.82, 2.24) is 4.31 Å². The molecule has 0 atom stereocenters. The Kier molecular flexibility index (Phi) is 18.1. The summed E-state index contributed by atoms with van der Waals surface area (Å²) in [4.78, 5) is 17.9. The molecular formula is C32H48N4O9S4. The first-order valence-corrected chi connectivity index (χ1v) is 21.4. The Morgan fingerprint density at radius 1 is 0.796 bits per heavy atom. The number of non-ortho nitro benzene ring substituents is 1. The number of aromatic nitrogens is 1. The Hall–Kier alpha value is -2.70. The lowest BCUT2D eigenvalue weighted by Crippen LogP contribution is -2.29. The summed E-state index contributed by atoms with van der Waals surface area (Å²) in [5.41, 5.74) is -0.693. The van der Waals surface area contributed by atoms with Gasteiger partial charge in [0, 0.05) is 25.7 Å². The number of hydrogen-bond donors (Lipinski definition) is 0. The predicted octanol–water partition coefficient (Wildman–Crippen LogP) is 7.96. The standard InChI is InChI=1S/C26H45N2O2S3.C6H4N2O7S/c1-5-6-7-8-9-10-11-12-13-14-15-16-17-18-21-27(2)33(29,30)23-19-20-24-25(22-23)32-26(31-4)28(24)3;9-7(10)4-1-2-6(16(13,14)15)5(3-4)8(11)12/h19-20,22H,5-18,21H2,1-4H3;1-3H,(H,13,14,15)/q+1;/p-1. The molecule has 0 radical (unpaired) electrons. The highest BCUT2D eigenvalue weighted by Gasteiger charge is 2.25. The molecule has 0 amide bonds. The van der Waals surface area contributed by atoms with Crippen LogP contribution in [0.15, 0.2) is 50.5 Å². The van der Waals surface area contributed by atoms with E-state index in [1.807, 2.05) is 25.4 Å². The van der Waals surface area contributed by atoms with E-state index in [1.54, 1.807) is 36.2 Å². The number of nitrogens with zero attached hydrogens (tertiary/aromatic N) is 4. The van der Waals surface area contributed by atoms with E-state index in [9.17, 15) is 41.6 Å². The van der Waals surface area contributed by atoms with Crippen LogP contribution < -0.4 is 4.57 Å². The third kappa shape index (κ3) is 13.5. The van der Waals surface area contributed by atoms with Crippen LogP contribution in [0.1, 0.15) is 96.8 Å². The number of benzene rings is 2. The summed E-state index contributed by atoms with van der Waals surface area (Å²) in [5.74, 6) is 0. The lowest BCUT2D eigenvalue weighted by atomic mass is 10.0. The maximum absolute atomic E-state index is 13.0. The van der Waals surface area contributed by atoms with Crippen molar-refractivity contribution < 1.29 is 35.8 Å². The molecule has 1 aromatic heterocycles. The summed E-state index contributed by atoms with van der Waals surface area (Å²) in [6.45, 7) is 2.86. The smallest absolute Gasteiger partial charge is 0.297 e. The molecule has 1 heterocycles. The molecular weight excluding hydrogens is 713 g/mol. The van der Waals surface area contributed by atoms with Crippen LogP contribution in [0.25, 0.3) is 10.2 Å². The van der Waals surface area contributed by atoms with Crippen molar-refractivity contribution >= 4 is 64.8 Å². The largest absolute Gasteiger partial charge is 0.744 e. The van der Waals surface area contributed by atoms with Crippen LogP contribution in [0.5, 0.6) is 0 Å². The van der Waals surface area contributed by atoms with Crippen molar-refractivity contribution in [2.24, 2.45) is 7.05 Å². The van der Waals surface area contributed by atoms with Crippen molar-refractivity contribution in [3.8, 4) is 0 Å². The Morgan fingerprint density at radius 3 is 1.80 bits per heavy atom. The minimum Gasteiger partial charge on any atom is -0.744 e. The average Bonchev–Trinajstić information content (AvgIpc) is 3.38. The van der Waals surface area contributed by atoms with Crippen LogP contribution in [0.4, 0.5) is 11.4 Å². The quantitative estimate of drug-likeness (QED) is 0.0258. The summed E-state index contributed by atoms with van der Waals surface area (Å²) >= 11 is 3.34. The molecule has 0 fully saturated rings. The van der Waals surface area contributed by atoms with Gasteiger partial charge in [-0.05, 0) is 42.6 Å². The third-order valence-electron chi connectivity index (χ3n) is 8.09. The van der Waals surface area contributed by atoms with Gasteiger partial charge in [0.05, 0.1) is 20.8 Å². The fourth-order valence-electron chi connectivity index (χ4n) is 5.26. The Morgan fingerprint density at radius 2 is 1.33 bits per heavy atom. The van der Waals surface area contributed by atoms with Gasteiger partial charge in [0.25, 0.3) is 15.7 Å². The third-order valence-corrected chi connectivity index (χ3v) is 13.2. The first-order valence-electron chi connectivity index (χ1n) is 16.5. The number of sulfonamides is 1. The Labute approximate surface area is 298 Å². The van der Waals surface area contributed by atoms with Crippen molar-refractivity contribution in [2.75, 3.05) is 19.8 Å². The predicted molar refractivity (Wildman–Crippen MR) is 193 cm³/mol. The number of unbranched alkanes of at least 4 members (excludes halogenated alkanes) is 13. The van der Waals surface area contributed by atoms with Gasteiger partial charge in [0.1, 0.15) is 26.8 Å². The van der Waals surface area contributed by atoms with Gasteiger partial charge in [-0.2, -0.15) is 4.57 Å². The van der Waals surface area contributed by atoms with Crippen LogP contribution in [0, 0.1) is 20.2 Å². The number of hydrogen-bond acceptors (Lipinski definition) is 11. The second-order valence-corrected chi connectivity index (χ2v) is 17.3. The molecule has 3 aromatic rings. The SMILES string of the molecule is CCCCCCCCCCCCCCCCN(C)S(=O)(=O)c1ccc2c(c1)sc(SC)[n+]2C.O=[N+]([O-])c1ccc(S(=O)(=O)[O-])c([N+](=O)[O-])c1. The zero-order valence-electron chi connectivity index (χ0n) is 28.7. The summed E-state index contributed by atoms with van der Waals surface area (Å²) < 4.78 is 63.7. The molecule has 0 aliphatic rings. The normalized spacial score (nSPS) is 11.9. The first kappa shape index (κ1) is 42.5. The minimum atomic E-state index is -5.04. The molecule has 274 valence electrons. The molecule has 17 heteroatoms. The van der Waals surface area contributed by atoms with Crippen LogP contribution in [-0.4, -0.2) is 55.4 Å². The lowest BCUT2D eigenvalue weighted by Gasteiger charge is -2.17. The molecule has 0 saturated heterocycles. The maximum atomic E-state index is 13.0. The Bertz CT molecular complexity index is 1750. The van der Waals surface area contributed by atoms with E-state index >= 15 is 0 Å². The van der Waals surface area contributed by atoms with Gasteiger partial charge >= 0.3 is 0 Å². The van der Waals surface area contributed by atoms with E-state index < -0.39 is 46.3 Å². The van der Waals surface area contributed by atoms with Gasteiger partial charge in [-0.3, -0.25) is 20.2 Å². The number of thioether (sulfide) groups is 1. The van der Waals surface area contributed by atoms with Gasteiger partial charge in [0.2, 0.25) is 15.5 Å². The summed E-state index contributed by atoms with van der Waals surface area (Å²) in [6.07, 6.45) is 20.4. The highest BCUT2D eigenvalue weighted by molar-refractivity contribution is 8.00. The summed E-state index contributed by atoms with van der Waals surface area (Å²) in [5, 5.41) is 20.7. The molecule has 0 N–H and O–H groups in total. The number of nitro benzene ring substituents is 2. The van der Waals surface area contributed by atoms with Gasteiger partial charge in [-0.15, -0.1) is 0 Å². The first-order chi connectivity index (χ1) is 23.1. The van der Waals surface area contributed by atoms with Gasteiger partial charge in [-0.25, -0.2) is 21.1 Å². The second-order valence-electron chi connectivity index (χ2n) is 11.8. The van der Waals surface area contributed by atoms with Crippen molar-refractivity contribution in [2.45, 2.75) is 111 Å². The molecule has 13 nitrogen and oxygen atoms in total. The van der Waals surface area contributed by atoms with Gasteiger partial charge < -0.3 is 4.55 Å². The van der Waals surface area contributed by atoms with Crippen molar-refractivity contribution in [3.05, 3.63) is 56.6 Å². The summed E-state index contributed by atoms with van der Waals surface area (Å²) in [7, 11) is -4.73. The average molecular weight is 761 g/mol. The molecule has 0 aliphatic carbocycles. The van der Waals surface area contributed by atoms with E-state index in [0.717, 1.165) is 23.1 Å². The minimum absolute atomic E-state index is 0.400. The highest BCUT2D eigenvalue weighted by Crippen LogP contribution is 2.30. The fraction of sp³-hybridized carbons (Fsp3) is 0.594. The molecule has 0 unspecified atom stereocenters. The zero-order chi connectivity index (χ0) is 36.6. The number of thiazole rings is 1. The topological polar surface area (TPSA) is 185 Å². The summed E-state index contributed by atoms with van der Waals surface area (Å²) in [6, 6.07) is 7.17. The molecule has 0 aliphatic heterocycles. The van der Waals surface area contributed by atoms with Crippen molar-refractivity contribution in [1.29, 1.82) is 0 Å². The molecule has 0 saturated carbocycles. The van der Waals surface area contributed by atoms with E-state index in [2.05, 4.69) is 11.5 Å². The van der Waals surface area contributed by atoms with E-state index in [4.69, 9.17) is 0 Å². The highest BCUT2D eigenvalue weighted by atomic mass is 32.2. The monoisotopic (exact) mass is 760 g/mol. The molecule has 0 bridgehead atoms. The van der Waals surface area contributed by atoms with Crippen LogP contribution in [0.3, 0.4) is 0 Å². The lowest BCUT2D eigenvalue weighted by molar-refractivity contribution is -0.676. The fourth-order valence-corrected chi connectivity index (χ4v) is 9.08. The van der Waals surface area contributed by atoms with Gasteiger partial charge in [-0.1, -0.05) is 102 Å². The zero-order valence-corrected chi connectivity index (χ0v) is 31.9. The van der Waals surface area contributed by atoms with Crippen LogP contribution in [-0.2, 0) is 27.2 Å². The molecule has 3 rings (SSSR count). The number of aryl methyl sites for hydroxylation is 1. The van der Waals surface area contributed by atoms with E-state index in [0.29, 0.717) is 29.6 Å². The van der Waals surface area contributed by atoms with Crippen LogP contribution >= 0.6 is 23.1 Å². The number of nitro groups is 2. The molecule has 2 aromatic carbocycles. The second kappa shape index (κ2) is 20.8. The number of rotatable bonds is 21. The Balaban J connectivity index is 0.000000435. The van der Waals surface area contributed by atoms with Crippen LogP contribution in [0.2, 0.25) is 0 Å². The van der Waals surface area contributed by atoms with E-state index in [1.165, 1.54) is 85.7 Å². The molecule has 0 spiro atoms.